The fourth-order valence-electron chi connectivity index (χ4n) is 2.32. The molecular weight excluding hydrogens is 401 g/mol. The molecule has 0 saturated heterocycles. The van der Waals surface area contributed by atoms with Crippen molar-refractivity contribution in [3.8, 4) is 0 Å². The van der Waals surface area contributed by atoms with Crippen molar-refractivity contribution in [3.05, 3.63) is 60.5 Å². The summed E-state index contributed by atoms with van der Waals surface area (Å²) >= 11 is -0.556. The molecule has 25 heavy (non-hydrogen) atoms. The Kier molecular flexibility index (Phi) is 18.9. The second-order valence-electron chi connectivity index (χ2n) is 6.70. The number of rotatable bonds is 0. The smallest absolute Gasteiger partial charge is 0 e. The van der Waals surface area contributed by atoms with Gasteiger partial charge >= 0.3 is 35.6 Å². The van der Waals surface area contributed by atoms with Crippen molar-refractivity contribution >= 4 is 40.3 Å². The second kappa shape index (κ2) is 14.4. The van der Waals surface area contributed by atoms with Crippen LogP contribution in [-0.2, 0) is 17.0 Å². The van der Waals surface area contributed by atoms with Gasteiger partial charge in [0.2, 0.25) is 0 Å². The number of hydrogen-bond donors (Lipinski definition) is 0. The quantitative estimate of drug-likeness (QED) is 0.298. The van der Waals surface area contributed by atoms with Crippen LogP contribution in [0, 0.1) is 49.5 Å². The normalized spacial score (nSPS) is 9.56. The van der Waals surface area contributed by atoms with Crippen LogP contribution in [0.25, 0.3) is 16.5 Å². The van der Waals surface area contributed by atoms with Gasteiger partial charge in [-0.1, -0.05) is 58.7 Å². The Morgan fingerprint density at radius 1 is 0.920 bits per heavy atom. The van der Waals surface area contributed by atoms with Crippen LogP contribution in [0.1, 0.15) is 48.6 Å². The third-order valence-corrected chi connectivity index (χ3v) is 3.42. The predicted octanol–water partition coefficient (Wildman–Crippen LogP) is 7.83. The van der Waals surface area contributed by atoms with Crippen molar-refractivity contribution in [2.24, 2.45) is 0 Å². The summed E-state index contributed by atoms with van der Waals surface area (Å²) in [5, 5.41) is 2.91. The maximum absolute atomic E-state index is 6.94. The van der Waals surface area contributed by atoms with Crippen molar-refractivity contribution < 1.29 is 17.0 Å². The predicted molar refractivity (Wildman–Crippen MR) is 118 cm³/mol. The van der Waals surface area contributed by atoms with Gasteiger partial charge < -0.3 is 20.6 Å². The molecular formula is C20H33Cl2NSiTi. The number of nitrogens with one attached hydrogen (secondary N) is 1. The minimum Gasteiger partial charge on any atom is 0 e. The Labute approximate surface area is 178 Å². The summed E-state index contributed by atoms with van der Waals surface area (Å²) in [6.45, 7) is 16.6. The Morgan fingerprint density at radius 3 is 1.64 bits per heavy atom. The minimum absolute atomic E-state index is 0. The maximum Gasteiger partial charge on any atom is 0 e. The van der Waals surface area contributed by atoms with E-state index in [1.54, 1.807) is 0 Å². The molecule has 2 aromatic rings. The van der Waals surface area contributed by atoms with Crippen molar-refractivity contribution in [1.29, 1.82) is 0 Å². The molecule has 1 nitrogen and oxygen atoms in total. The molecule has 0 spiro atoms. The number of hydrogen-bond acceptors (Lipinski definition) is 0. The first-order valence-corrected chi connectivity index (χ1v) is 11.6. The fourth-order valence-corrected chi connectivity index (χ4v) is 2.32. The second-order valence-corrected chi connectivity index (χ2v) is 9.28. The van der Waals surface area contributed by atoms with Gasteiger partial charge in [-0.3, -0.25) is 0 Å². The zero-order chi connectivity index (χ0) is 17.7. The molecule has 1 N–H and O–H groups in total. The van der Waals surface area contributed by atoms with E-state index in [1.165, 1.54) is 38.6 Å². The van der Waals surface area contributed by atoms with Crippen LogP contribution in [0.2, 0.25) is 0 Å². The van der Waals surface area contributed by atoms with Gasteiger partial charge in [0.05, 0.1) is 0 Å². The minimum atomic E-state index is -0.556. The first-order valence-electron chi connectivity index (χ1n) is 7.28. The topological polar surface area (TPSA) is 23.8 Å². The van der Waals surface area contributed by atoms with Crippen LogP contribution in [-0.4, -0.2) is 16.5 Å². The molecule has 4 radical (unpaired) electrons. The molecule has 0 bridgehead atoms. The van der Waals surface area contributed by atoms with Crippen molar-refractivity contribution in [3.63, 3.8) is 0 Å². The van der Waals surface area contributed by atoms with E-state index in [2.05, 4.69) is 46.8 Å². The van der Waals surface area contributed by atoms with Gasteiger partial charge in [-0.05, 0) is 13.8 Å². The summed E-state index contributed by atoms with van der Waals surface area (Å²) in [5.41, 5.74) is 13.8. The van der Waals surface area contributed by atoms with E-state index in [-0.39, 0.29) is 31.4 Å². The molecule has 0 aliphatic heterocycles. The van der Waals surface area contributed by atoms with E-state index in [4.69, 9.17) is 24.3 Å². The molecule has 0 amide bonds. The first kappa shape index (κ1) is 32.9. The Bertz CT molecular complexity index is 610. The summed E-state index contributed by atoms with van der Waals surface area (Å²) in [4.78, 5) is 0. The fraction of sp³-hybridized carbons (Fsp3) is 0.450. The number of fused-ring (bicyclic) bond motifs is 1. The molecule has 140 valence electrons. The molecule has 0 unspecified atom stereocenters. The zero-order valence-electron chi connectivity index (χ0n) is 17.4. The van der Waals surface area contributed by atoms with Gasteiger partial charge in [0, 0.05) is 11.0 Å². The molecule has 0 aromatic heterocycles. The summed E-state index contributed by atoms with van der Waals surface area (Å²) in [6, 6.07) is 4.62. The zero-order valence-corrected chi connectivity index (χ0v) is 21.5. The third-order valence-electron chi connectivity index (χ3n) is 3.42. The SMILES string of the molecule is CC(C)(C)[NH-].Cc1cc(C)c2c(C)c(C)[cH-]c2c1C.[CH3-].[CH3-].[Cl][Ti+4][Cl].[Si]. The number of aryl methyl sites for hydroxylation is 5. The van der Waals surface area contributed by atoms with Crippen molar-refractivity contribution in [2.75, 3.05) is 0 Å². The number of halogens is 2. The van der Waals surface area contributed by atoms with E-state index in [0.29, 0.717) is 0 Å². The first-order chi connectivity index (χ1) is 9.93. The van der Waals surface area contributed by atoms with Gasteiger partial charge in [-0.25, -0.2) is 0 Å². The van der Waals surface area contributed by atoms with Crippen LogP contribution in [0.5, 0.6) is 0 Å². The van der Waals surface area contributed by atoms with Gasteiger partial charge in [-0.2, -0.15) is 5.56 Å². The molecule has 0 aliphatic carbocycles. The van der Waals surface area contributed by atoms with E-state index < -0.39 is 17.0 Å². The Hall–Kier alpha value is 0.301. The monoisotopic (exact) mass is 433 g/mol. The average molecular weight is 434 g/mol. The molecule has 0 atom stereocenters. The molecule has 0 aliphatic rings. The standard InChI is InChI=1S/C14H17.C4H10N.2CH3.2ClH.Si.Ti/c1-8-6-10(3)14-12(5)9(2)7-13(14)11(8)4;1-4(2,3)5;;;;;;/h6-7H,1-5H3;5H,1-3H3;2*1H3;2*1H;;/q4*-1;;;;+6/p-2. The van der Waals surface area contributed by atoms with Gasteiger partial charge in [-0.15, -0.1) is 33.5 Å². The summed E-state index contributed by atoms with van der Waals surface area (Å²) < 4.78 is 0. The molecule has 0 heterocycles. The van der Waals surface area contributed by atoms with Crippen LogP contribution in [0.4, 0.5) is 0 Å². The van der Waals surface area contributed by atoms with Crippen LogP contribution < -0.4 is 0 Å². The maximum atomic E-state index is 6.94. The average Bonchev–Trinajstić information content (AvgIpc) is 2.63. The Morgan fingerprint density at radius 2 is 1.28 bits per heavy atom. The molecule has 0 saturated carbocycles. The van der Waals surface area contributed by atoms with Crippen LogP contribution in [0.15, 0.2) is 12.1 Å². The van der Waals surface area contributed by atoms with Gasteiger partial charge in [0.1, 0.15) is 0 Å². The number of benzene rings is 1. The van der Waals surface area contributed by atoms with Crippen LogP contribution in [0.3, 0.4) is 0 Å². The Balaban J connectivity index is -0.000000174. The van der Waals surface area contributed by atoms with E-state index in [1.807, 2.05) is 20.8 Å². The van der Waals surface area contributed by atoms with Gasteiger partial charge in [0.25, 0.3) is 0 Å². The molecule has 2 rings (SSSR count). The van der Waals surface area contributed by atoms with Crippen LogP contribution >= 0.6 is 18.6 Å². The largest absolute Gasteiger partial charge is 0 e. The van der Waals surface area contributed by atoms with E-state index in [9.17, 15) is 0 Å². The molecule has 5 heteroatoms. The van der Waals surface area contributed by atoms with Gasteiger partial charge in [0.15, 0.2) is 0 Å². The summed E-state index contributed by atoms with van der Waals surface area (Å²) in [7, 11) is 9.78. The van der Waals surface area contributed by atoms with Crippen molar-refractivity contribution in [1.82, 2.24) is 0 Å². The summed E-state index contributed by atoms with van der Waals surface area (Å²) in [5.74, 6) is 0. The van der Waals surface area contributed by atoms with Crippen molar-refractivity contribution in [2.45, 2.75) is 60.9 Å². The van der Waals surface area contributed by atoms with E-state index in [0.717, 1.165) is 0 Å². The molecule has 0 fully saturated rings. The van der Waals surface area contributed by atoms with E-state index >= 15 is 0 Å². The third kappa shape index (κ3) is 11.6. The summed E-state index contributed by atoms with van der Waals surface area (Å²) in [6.07, 6.45) is 0. The molecule has 2 aromatic carbocycles.